The molecule has 4 heteroatoms. The van der Waals surface area contributed by atoms with E-state index < -0.39 is 0 Å². The lowest BCUT2D eigenvalue weighted by atomic mass is 9.90. The summed E-state index contributed by atoms with van der Waals surface area (Å²) in [7, 11) is 1.83. The molecule has 3 aliphatic rings. The van der Waals surface area contributed by atoms with Crippen LogP contribution in [0.4, 0.5) is 0 Å². The summed E-state index contributed by atoms with van der Waals surface area (Å²) in [5.74, 6) is 4.21. The third-order valence-electron chi connectivity index (χ3n) is 3.76. The van der Waals surface area contributed by atoms with Gasteiger partial charge in [-0.15, -0.1) is 23.5 Å². The number of hydrogen-bond donors (Lipinski definition) is 0. The van der Waals surface area contributed by atoms with E-state index in [-0.39, 0.29) is 0 Å². The van der Waals surface area contributed by atoms with Crippen molar-refractivity contribution < 1.29 is 4.74 Å². The van der Waals surface area contributed by atoms with Gasteiger partial charge in [0.25, 0.3) is 0 Å². The predicted octanol–water partition coefficient (Wildman–Crippen LogP) is 2.28. The number of thioether (sulfide) groups is 2. The van der Waals surface area contributed by atoms with Crippen molar-refractivity contribution in [1.29, 1.82) is 0 Å². The second-order valence-corrected chi connectivity index (χ2v) is 7.35. The third kappa shape index (κ3) is 2.05. The summed E-state index contributed by atoms with van der Waals surface area (Å²) in [6.07, 6.45) is 1.38. The van der Waals surface area contributed by atoms with E-state index in [1.165, 1.54) is 37.6 Å². The summed E-state index contributed by atoms with van der Waals surface area (Å²) in [4.78, 5) is 2.60. The molecular weight excluding hydrogens is 238 g/mol. The molecule has 0 spiro atoms. The number of nitrogens with zero attached hydrogens (tertiary/aromatic N) is 1. The van der Waals surface area contributed by atoms with Crippen LogP contribution in [0, 0.1) is 11.8 Å². The minimum absolute atomic E-state index is 0.754. The summed E-state index contributed by atoms with van der Waals surface area (Å²) in [5.41, 5.74) is 1.74. The molecule has 0 aromatic heterocycles. The van der Waals surface area contributed by atoms with E-state index in [9.17, 15) is 0 Å². The molecule has 90 valence electrons. The van der Waals surface area contributed by atoms with E-state index in [0.29, 0.717) is 0 Å². The second-order valence-electron chi connectivity index (χ2n) is 4.88. The molecule has 3 heterocycles. The molecule has 3 atom stereocenters. The normalized spacial score (nSPS) is 38.4. The van der Waals surface area contributed by atoms with Crippen LogP contribution >= 0.6 is 23.5 Å². The Bertz CT molecular complexity index is 297. The average Bonchev–Trinajstić information content (AvgIpc) is 2.90. The molecule has 0 amide bonds. The number of fused-ring (bicyclic) bond motifs is 2. The lowest BCUT2D eigenvalue weighted by molar-refractivity contribution is 0.136. The van der Waals surface area contributed by atoms with Crippen molar-refractivity contribution in [2.45, 2.75) is 6.42 Å². The molecule has 0 aromatic rings. The molecule has 0 N–H and O–H groups in total. The molecule has 3 unspecified atom stereocenters. The van der Waals surface area contributed by atoms with Gasteiger partial charge < -0.3 is 4.74 Å². The van der Waals surface area contributed by atoms with Gasteiger partial charge in [-0.05, 0) is 23.5 Å². The van der Waals surface area contributed by atoms with Gasteiger partial charge in [0.2, 0.25) is 0 Å². The number of rotatable bonds is 2. The van der Waals surface area contributed by atoms with Gasteiger partial charge in [-0.2, -0.15) is 0 Å². The first-order valence-corrected chi connectivity index (χ1v) is 8.05. The van der Waals surface area contributed by atoms with Gasteiger partial charge in [-0.1, -0.05) is 0 Å². The molecule has 0 saturated carbocycles. The van der Waals surface area contributed by atoms with Crippen LogP contribution in [0.2, 0.25) is 0 Å². The fourth-order valence-corrected chi connectivity index (χ4v) is 5.82. The summed E-state index contributed by atoms with van der Waals surface area (Å²) in [6, 6.07) is 0. The summed E-state index contributed by atoms with van der Waals surface area (Å²) in [5, 5.41) is 0. The van der Waals surface area contributed by atoms with Crippen LogP contribution in [-0.2, 0) is 4.74 Å². The summed E-state index contributed by atoms with van der Waals surface area (Å²) in [6.45, 7) is 4.71. The molecular formula is C12H19NOS2. The van der Waals surface area contributed by atoms with Crippen LogP contribution in [0.15, 0.2) is 9.81 Å². The van der Waals surface area contributed by atoms with Crippen molar-refractivity contribution in [3.05, 3.63) is 9.81 Å². The molecule has 3 aliphatic heterocycles. The van der Waals surface area contributed by atoms with E-state index in [4.69, 9.17) is 4.74 Å². The van der Waals surface area contributed by atoms with E-state index in [0.717, 1.165) is 18.4 Å². The van der Waals surface area contributed by atoms with Crippen LogP contribution in [-0.4, -0.2) is 49.8 Å². The molecule has 2 nitrogen and oxygen atoms in total. The highest BCUT2D eigenvalue weighted by atomic mass is 32.2. The predicted molar refractivity (Wildman–Crippen MR) is 71.9 cm³/mol. The molecule has 3 saturated heterocycles. The number of methoxy groups -OCH3 is 1. The van der Waals surface area contributed by atoms with E-state index in [1.54, 1.807) is 9.81 Å². The minimum Gasteiger partial charge on any atom is -0.384 e. The van der Waals surface area contributed by atoms with Gasteiger partial charge in [0.15, 0.2) is 0 Å². The quantitative estimate of drug-likeness (QED) is 0.752. The van der Waals surface area contributed by atoms with Gasteiger partial charge in [-0.25, -0.2) is 0 Å². The minimum atomic E-state index is 0.754. The number of hydrogen-bond acceptors (Lipinski definition) is 4. The Balaban J connectivity index is 1.77. The van der Waals surface area contributed by atoms with Crippen molar-refractivity contribution in [1.82, 2.24) is 4.90 Å². The van der Waals surface area contributed by atoms with Crippen molar-refractivity contribution in [3.63, 3.8) is 0 Å². The number of piperidine rings is 1. The van der Waals surface area contributed by atoms with Crippen LogP contribution in [0.5, 0.6) is 0 Å². The second kappa shape index (κ2) is 4.92. The highest BCUT2D eigenvalue weighted by molar-refractivity contribution is 8.22. The first-order chi connectivity index (χ1) is 7.88. The Kier molecular flexibility index (Phi) is 3.52. The summed E-state index contributed by atoms with van der Waals surface area (Å²) >= 11 is 4.19. The van der Waals surface area contributed by atoms with Crippen LogP contribution in [0.1, 0.15) is 6.42 Å². The molecule has 0 aromatic carbocycles. The molecule has 3 fully saturated rings. The Morgan fingerprint density at radius 3 is 2.81 bits per heavy atom. The first-order valence-electron chi connectivity index (χ1n) is 6.08. The first kappa shape index (κ1) is 11.5. The number of ether oxygens (including phenoxy) is 1. The highest BCUT2D eigenvalue weighted by Crippen LogP contribution is 2.46. The van der Waals surface area contributed by atoms with Crippen molar-refractivity contribution in [2.24, 2.45) is 11.8 Å². The Labute approximate surface area is 106 Å². The van der Waals surface area contributed by atoms with Gasteiger partial charge in [-0.3, -0.25) is 4.90 Å². The van der Waals surface area contributed by atoms with Crippen molar-refractivity contribution in [2.75, 3.05) is 44.9 Å². The van der Waals surface area contributed by atoms with Crippen molar-refractivity contribution in [3.8, 4) is 0 Å². The lowest BCUT2D eigenvalue weighted by Gasteiger charge is -2.27. The van der Waals surface area contributed by atoms with Gasteiger partial charge in [0, 0.05) is 42.8 Å². The molecule has 3 rings (SSSR count). The lowest BCUT2D eigenvalue weighted by Crippen LogP contribution is -2.28. The highest BCUT2D eigenvalue weighted by Gasteiger charge is 2.42. The van der Waals surface area contributed by atoms with E-state index >= 15 is 0 Å². The monoisotopic (exact) mass is 257 g/mol. The summed E-state index contributed by atoms with van der Waals surface area (Å²) < 4.78 is 7.00. The topological polar surface area (TPSA) is 12.5 Å². The zero-order chi connectivity index (χ0) is 11.0. The third-order valence-corrected chi connectivity index (χ3v) is 6.50. The smallest absolute Gasteiger partial charge is 0.0508 e. The Morgan fingerprint density at radius 1 is 1.31 bits per heavy atom. The zero-order valence-electron chi connectivity index (χ0n) is 9.78. The molecule has 0 aliphatic carbocycles. The Hall–Kier alpha value is 0.360. The molecule has 16 heavy (non-hydrogen) atoms. The maximum absolute atomic E-state index is 5.35. The van der Waals surface area contributed by atoms with Crippen LogP contribution in [0.25, 0.3) is 0 Å². The standard InChI is InChI=1S/C12H19NOS2/c1-14-8-9-5-13-6-10(9)11(7-13)12-15-3-2-4-16-12/h9-10H,2-8H2,1H3. The maximum atomic E-state index is 5.35. The SMILES string of the molecule is COCC1CN2CC(=C3SCCCS3)C1C2. The van der Waals surface area contributed by atoms with Crippen LogP contribution in [0.3, 0.4) is 0 Å². The van der Waals surface area contributed by atoms with E-state index in [1.807, 2.05) is 7.11 Å². The Morgan fingerprint density at radius 2 is 2.12 bits per heavy atom. The van der Waals surface area contributed by atoms with Gasteiger partial charge in [0.05, 0.1) is 6.61 Å². The average molecular weight is 257 g/mol. The van der Waals surface area contributed by atoms with Gasteiger partial charge >= 0.3 is 0 Å². The zero-order valence-corrected chi connectivity index (χ0v) is 11.4. The van der Waals surface area contributed by atoms with Crippen molar-refractivity contribution >= 4 is 23.5 Å². The van der Waals surface area contributed by atoms with Crippen LogP contribution < -0.4 is 0 Å². The fraction of sp³-hybridized carbons (Fsp3) is 0.833. The van der Waals surface area contributed by atoms with Gasteiger partial charge in [0.1, 0.15) is 0 Å². The maximum Gasteiger partial charge on any atom is 0.0508 e. The molecule has 2 bridgehead atoms. The van der Waals surface area contributed by atoms with E-state index in [2.05, 4.69) is 28.4 Å². The largest absolute Gasteiger partial charge is 0.384 e. The molecule has 0 radical (unpaired) electrons. The fourth-order valence-electron chi connectivity index (χ4n) is 3.06.